The number of ether oxygens (including phenoxy) is 2. The molecular formula is C31H37N5O8S. The van der Waals surface area contributed by atoms with Gasteiger partial charge in [0.15, 0.2) is 0 Å². The number of anilines is 2. The monoisotopic (exact) mass is 639 g/mol. The first-order chi connectivity index (χ1) is 20.8. The Hall–Kier alpha value is -4.72. The molecule has 14 heteroatoms. The van der Waals surface area contributed by atoms with E-state index in [9.17, 15) is 19.2 Å². The van der Waals surface area contributed by atoms with E-state index in [1.165, 1.54) is 11.3 Å². The van der Waals surface area contributed by atoms with E-state index in [1.54, 1.807) is 57.2 Å². The largest absolute Gasteiger partial charge is 0.546 e. The van der Waals surface area contributed by atoms with Crippen molar-refractivity contribution in [1.82, 2.24) is 15.3 Å². The fourth-order valence-corrected chi connectivity index (χ4v) is 5.18. The van der Waals surface area contributed by atoms with Gasteiger partial charge < -0.3 is 20.1 Å². The highest BCUT2D eigenvalue weighted by molar-refractivity contribution is 7.10. The Morgan fingerprint density at radius 1 is 0.889 bits per heavy atom. The van der Waals surface area contributed by atoms with Gasteiger partial charge in [-0.3, -0.25) is 14.5 Å². The summed E-state index contributed by atoms with van der Waals surface area (Å²) >= 11 is 1.33. The lowest BCUT2D eigenvalue weighted by Crippen LogP contribution is -2.39. The predicted molar refractivity (Wildman–Crippen MR) is 166 cm³/mol. The van der Waals surface area contributed by atoms with Gasteiger partial charge in [0.2, 0.25) is 0 Å². The van der Waals surface area contributed by atoms with Crippen molar-refractivity contribution in [1.29, 1.82) is 0 Å². The van der Waals surface area contributed by atoms with Gasteiger partial charge in [-0.2, -0.15) is 0 Å². The molecule has 1 atom stereocenters. The van der Waals surface area contributed by atoms with Gasteiger partial charge >= 0.3 is 24.4 Å². The first-order valence-electron chi connectivity index (χ1n) is 14.1. The highest BCUT2D eigenvalue weighted by Gasteiger charge is 2.37. The second kappa shape index (κ2) is 12.3. The van der Waals surface area contributed by atoms with Crippen LogP contribution < -0.4 is 15.9 Å². The molecular weight excluding hydrogens is 602 g/mol. The van der Waals surface area contributed by atoms with Crippen molar-refractivity contribution in [2.45, 2.75) is 84.8 Å². The van der Waals surface area contributed by atoms with Gasteiger partial charge in [0, 0.05) is 32.3 Å². The maximum atomic E-state index is 13.4. The van der Waals surface area contributed by atoms with Crippen molar-refractivity contribution in [3.8, 4) is 11.3 Å². The number of aromatic nitrogens is 2. The number of hydrogen-bond acceptors (Lipinski definition) is 12. The Kier molecular flexibility index (Phi) is 9.10. The number of nitrogens with zero attached hydrogens (tertiary/aromatic N) is 3. The predicted octanol–water partition coefficient (Wildman–Crippen LogP) is 6.94. The third-order valence-electron chi connectivity index (χ3n) is 6.18. The van der Waals surface area contributed by atoms with Crippen molar-refractivity contribution in [2.24, 2.45) is 0 Å². The van der Waals surface area contributed by atoms with Gasteiger partial charge in [0.1, 0.15) is 11.6 Å². The summed E-state index contributed by atoms with van der Waals surface area (Å²) in [7, 11) is 0. The van der Waals surface area contributed by atoms with Gasteiger partial charge in [0.25, 0.3) is 5.91 Å². The standard InChI is InChI=1S/C31H37N5O8S/c1-29(2,3)20-21(33-25(35-23(20)30(4,5)6)36-43-27(39)41-28(40)44-36)17-12-14-18(15-13-17)32-24(37)22(19-11-10-16-45-19)34-26(38)42-31(7,8)9/h10-16,22H,1-9H3,(H,32,37)(H,34,38)/t22-/m1/s1. The number of cyclic esters (lactones) is 2. The summed E-state index contributed by atoms with van der Waals surface area (Å²) < 4.78 is 9.64. The molecule has 3 aromatic rings. The number of rotatable bonds is 6. The molecule has 2 amide bonds. The average Bonchev–Trinajstić information content (AvgIpc) is 3.43. The van der Waals surface area contributed by atoms with Gasteiger partial charge in [-0.15, -0.1) is 11.3 Å². The second-order valence-electron chi connectivity index (χ2n) is 13.3. The zero-order valence-corrected chi connectivity index (χ0v) is 27.5. The maximum absolute atomic E-state index is 13.4. The van der Waals surface area contributed by atoms with Crippen LogP contribution in [0, 0.1) is 0 Å². The topological polar surface area (TPSA) is 158 Å². The quantitative estimate of drug-likeness (QED) is 0.212. The van der Waals surface area contributed by atoms with Gasteiger partial charge in [-0.25, -0.2) is 24.4 Å². The lowest BCUT2D eigenvalue weighted by Gasteiger charge is -2.32. The van der Waals surface area contributed by atoms with Crippen molar-refractivity contribution < 1.29 is 38.3 Å². The molecule has 1 aromatic carbocycles. The molecule has 1 saturated heterocycles. The minimum Gasteiger partial charge on any atom is -0.444 e. The number of alkyl carbamates (subject to hydrolysis) is 1. The van der Waals surface area contributed by atoms with Crippen LogP contribution in [0.1, 0.15) is 84.5 Å². The highest BCUT2D eigenvalue weighted by Crippen LogP contribution is 2.40. The Labute approximate surface area is 265 Å². The van der Waals surface area contributed by atoms with E-state index in [2.05, 4.69) is 25.3 Å². The lowest BCUT2D eigenvalue weighted by molar-refractivity contribution is -0.118. The van der Waals surface area contributed by atoms with E-state index in [1.807, 2.05) is 46.9 Å². The average molecular weight is 640 g/mol. The SMILES string of the molecule is CC(C)(C)OC(=O)N[C@@H](C(=O)Nc1ccc(-c2nc(N3OC(=O)OC(=O)O3)nc(C(C)(C)C)c2C(C)(C)C)cc1)c1cccs1. The van der Waals surface area contributed by atoms with Crippen LogP contribution in [-0.2, 0) is 34.8 Å². The molecule has 1 aliphatic rings. The molecule has 1 fully saturated rings. The molecule has 2 N–H and O–H groups in total. The maximum Gasteiger partial charge on any atom is 0.546 e. The highest BCUT2D eigenvalue weighted by atomic mass is 32.1. The van der Waals surface area contributed by atoms with Crippen molar-refractivity contribution in [2.75, 3.05) is 10.5 Å². The minimum atomic E-state index is -1.28. The van der Waals surface area contributed by atoms with Crippen molar-refractivity contribution in [3.05, 3.63) is 57.9 Å². The van der Waals surface area contributed by atoms with Crippen LogP contribution in [0.3, 0.4) is 0 Å². The summed E-state index contributed by atoms with van der Waals surface area (Å²) in [6, 6.07) is 9.50. The molecule has 0 saturated carbocycles. The normalized spacial score (nSPS) is 14.6. The number of carbonyl (C=O) groups excluding carboxylic acids is 4. The second-order valence-corrected chi connectivity index (χ2v) is 14.3. The Bertz CT molecular complexity index is 1570. The summed E-state index contributed by atoms with van der Waals surface area (Å²) in [5.41, 5.74) is 1.40. The van der Waals surface area contributed by atoms with Crippen LogP contribution in [0.5, 0.6) is 0 Å². The molecule has 1 aliphatic heterocycles. The molecule has 2 aromatic heterocycles. The molecule has 0 aliphatic carbocycles. The van der Waals surface area contributed by atoms with E-state index in [4.69, 9.17) is 14.4 Å². The Morgan fingerprint density at radius 3 is 2.02 bits per heavy atom. The first kappa shape index (κ1) is 33.2. The fourth-order valence-electron chi connectivity index (χ4n) is 4.41. The molecule has 4 rings (SSSR count). The zero-order chi connectivity index (χ0) is 33.3. The van der Waals surface area contributed by atoms with Crippen molar-refractivity contribution in [3.63, 3.8) is 0 Å². The molecule has 240 valence electrons. The number of benzene rings is 1. The van der Waals surface area contributed by atoms with Crippen LogP contribution in [0.15, 0.2) is 41.8 Å². The molecule has 0 radical (unpaired) electrons. The van der Waals surface area contributed by atoms with Gasteiger partial charge in [0.05, 0.1) is 11.4 Å². The molecule has 0 unspecified atom stereocenters. The Morgan fingerprint density at radius 2 is 1.51 bits per heavy atom. The number of hydrogen-bond donors (Lipinski definition) is 2. The number of nitrogens with one attached hydrogen (secondary N) is 2. The van der Waals surface area contributed by atoms with Crippen LogP contribution in [0.4, 0.5) is 26.0 Å². The molecule has 0 bridgehead atoms. The summed E-state index contributed by atoms with van der Waals surface area (Å²) in [5.74, 6) is -0.640. The smallest absolute Gasteiger partial charge is 0.444 e. The summed E-state index contributed by atoms with van der Waals surface area (Å²) in [5, 5.41) is 7.85. The third-order valence-corrected chi connectivity index (χ3v) is 7.12. The van der Waals surface area contributed by atoms with E-state index in [-0.39, 0.29) is 5.95 Å². The minimum absolute atomic E-state index is 0.183. The molecule has 0 spiro atoms. The molecule has 3 heterocycles. The summed E-state index contributed by atoms with van der Waals surface area (Å²) in [4.78, 5) is 69.2. The zero-order valence-electron chi connectivity index (χ0n) is 26.6. The van der Waals surface area contributed by atoms with Gasteiger partial charge in [-0.05, 0) is 49.8 Å². The number of carbonyl (C=O) groups is 4. The Balaban J connectivity index is 1.70. The number of thiophene rings is 1. The van der Waals surface area contributed by atoms with Crippen molar-refractivity contribution >= 4 is 47.3 Å². The lowest BCUT2D eigenvalue weighted by atomic mass is 9.76. The molecule has 13 nitrogen and oxygen atoms in total. The van der Waals surface area contributed by atoms with Crippen LogP contribution in [0.25, 0.3) is 11.3 Å². The van der Waals surface area contributed by atoms with Crippen LogP contribution >= 0.6 is 11.3 Å². The molecule has 45 heavy (non-hydrogen) atoms. The summed E-state index contributed by atoms with van der Waals surface area (Å²) in [6.07, 6.45) is -3.28. The first-order valence-corrected chi connectivity index (χ1v) is 15.0. The van der Waals surface area contributed by atoms with E-state index < -0.39 is 46.8 Å². The fraction of sp³-hybridized carbons (Fsp3) is 0.419. The summed E-state index contributed by atoms with van der Waals surface area (Å²) in [6.45, 7) is 17.2. The van der Waals surface area contributed by atoms with E-state index in [0.29, 0.717) is 32.7 Å². The van der Waals surface area contributed by atoms with E-state index >= 15 is 0 Å². The van der Waals surface area contributed by atoms with E-state index in [0.717, 1.165) is 5.56 Å². The third kappa shape index (κ3) is 8.26. The number of amides is 2. The van der Waals surface area contributed by atoms with Gasteiger partial charge in [-0.1, -0.05) is 59.7 Å². The van der Waals surface area contributed by atoms with Crippen LogP contribution in [-0.4, -0.2) is 39.9 Å². The van der Waals surface area contributed by atoms with Crippen LogP contribution in [0.2, 0.25) is 0 Å².